The first kappa shape index (κ1) is 55.6. The zero-order valence-electron chi connectivity index (χ0n) is 35.0. The second-order valence-corrected chi connectivity index (χ2v) is 22.0. The molecule has 0 aromatic heterocycles. The number of halogens is 6. The van der Waals surface area contributed by atoms with Gasteiger partial charge in [-0.2, -0.15) is 49.7 Å². The number of thioether (sulfide) groups is 2. The van der Waals surface area contributed by atoms with Crippen LogP contribution in [-0.4, -0.2) is 152 Å². The fourth-order valence-electron chi connectivity index (χ4n) is 7.69. The maximum Gasteiger partial charge on any atom is 0.461 e. The van der Waals surface area contributed by atoms with Crippen molar-refractivity contribution in [3.8, 4) is 11.5 Å². The topological polar surface area (TPSA) is 198 Å². The Balaban J connectivity index is 0.000000331. The summed E-state index contributed by atoms with van der Waals surface area (Å²) in [4.78, 5) is 28.7. The summed E-state index contributed by atoms with van der Waals surface area (Å²) in [5.74, 6) is 0.781. The van der Waals surface area contributed by atoms with Crippen LogP contribution in [0.4, 0.5) is 28.9 Å². The van der Waals surface area contributed by atoms with E-state index in [9.17, 15) is 49.2 Å². The second-order valence-electron chi connectivity index (χ2n) is 15.0. The number of sulfonamides is 2. The molecule has 64 heavy (non-hydrogen) atoms. The summed E-state index contributed by atoms with van der Waals surface area (Å²) in [6, 6.07) is 13.0. The molecule has 2 aromatic carbocycles. The van der Waals surface area contributed by atoms with Gasteiger partial charge in [0, 0.05) is 63.7 Å². The number of amides is 2. The molecule has 0 saturated carbocycles. The van der Waals surface area contributed by atoms with Crippen LogP contribution in [0.5, 0.6) is 11.5 Å². The van der Waals surface area contributed by atoms with Gasteiger partial charge in [-0.15, -0.1) is 24.8 Å². The number of carbonyl (C=O) groups excluding carboxylic acids is 2. The Kier molecular flexibility index (Phi) is 21.2. The second kappa shape index (κ2) is 24.4. The smallest absolute Gasteiger partial charge is 0.461 e. The summed E-state index contributed by atoms with van der Waals surface area (Å²) >= 11 is 3.17. The number of unbranched alkanes of at least 4 members (excludes halogenated alkanes) is 1. The molecule has 26 heteroatoms. The van der Waals surface area contributed by atoms with Crippen molar-refractivity contribution in [3.63, 3.8) is 0 Å². The van der Waals surface area contributed by atoms with Crippen LogP contribution in [0.3, 0.4) is 0 Å². The highest BCUT2D eigenvalue weighted by atomic mass is 35.5. The molecule has 4 aliphatic heterocycles. The number of nitrogens with zero attached hydrogens (tertiary/aromatic N) is 4. The van der Waals surface area contributed by atoms with Crippen LogP contribution in [0.1, 0.15) is 45.4 Å². The van der Waals surface area contributed by atoms with E-state index in [1.165, 1.54) is 38.0 Å². The number of hydrogen-bond donors (Lipinski definition) is 4. The van der Waals surface area contributed by atoms with Crippen LogP contribution >= 0.6 is 48.3 Å². The van der Waals surface area contributed by atoms with Gasteiger partial charge in [-0.1, -0.05) is 13.3 Å². The largest absolute Gasteiger partial charge is 0.494 e. The molecule has 6 rings (SSSR count). The molecule has 0 unspecified atom stereocenters. The minimum Gasteiger partial charge on any atom is -0.494 e. The van der Waals surface area contributed by atoms with Crippen molar-refractivity contribution in [1.82, 2.24) is 19.6 Å². The molecule has 0 aliphatic carbocycles. The molecule has 4 saturated heterocycles. The molecule has 2 amide bonds. The van der Waals surface area contributed by atoms with E-state index < -0.39 is 59.6 Å². The average Bonchev–Trinajstić information content (AvgIpc) is 3.29. The van der Waals surface area contributed by atoms with Crippen LogP contribution < -0.4 is 30.2 Å². The number of piperazine rings is 2. The van der Waals surface area contributed by atoms with E-state index in [0.717, 1.165) is 36.4 Å². The molecule has 4 heterocycles. The Labute approximate surface area is 392 Å². The van der Waals surface area contributed by atoms with Gasteiger partial charge < -0.3 is 19.3 Å². The SMILES string of the molecule is CCCCOc1ccc(N2CCN(S(=O)(=O)C3(C(=O)NO)CCSCC3)CC2)cc1.Cl.Cl.O=C(NO)C1(S(=O)(=O)N2CCN(c3ccc(OC(F)(F)C(F)F)cc3)CC2)CCSCC1. The van der Waals surface area contributed by atoms with E-state index >= 15 is 0 Å². The number of benzene rings is 2. The van der Waals surface area contributed by atoms with Gasteiger partial charge in [0.2, 0.25) is 20.0 Å². The Hall–Kier alpha value is -2.68. The number of alkyl halides is 4. The normalized spacial score (nSPS) is 19.5. The number of carbonyl (C=O) groups is 2. The number of rotatable bonds is 15. The Morgan fingerprint density at radius 2 is 1.05 bits per heavy atom. The Morgan fingerprint density at radius 1 is 0.688 bits per heavy atom. The van der Waals surface area contributed by atoms with E-state index in [4.69, 9.17) is 9.94 Å². The molecule has 0 radical (unpaired) electrons. The molecule has 364 valence electrons. The van der Waals surface area contributed by atoms with Crippen molar-refractivity contribution < 1.29 is 63.9 Å². The fourth-order valence-corrected chi connectivity index (χ4v) is 14.9. The highest BCUT2D eigenvalue weighted by Crippen LogP contribution is 2.39. The van der Waals surface area contributed by atoms with Crippen LogP contribution in [0.25, 0.3) is 0 Å². The van der Waals surface area contributed by atoms with Gasteiger partial charge in [0.05, 0.1) is 6.61 Å². The molecule has 16 nitrogen and oxygen atoms in total. The van der Waals surface area contributed by atoms with Gasteiger partial charge in [0.1, 0.15) is 11.5 Å². The molecular formula is C38H56Cl2F4N6O10S4. The average molecular weight is 1030 g/mol. The summed E-state index contributed by atoms with van der Waals surface area (Å²) in [7, 11) is -7.93. The van der Waals surface area contributed by atoms with Crippen molar-refractivity contribution >= 4 is 91.6 Å². The molecule has 0 bridgehead atoms. The molecule has 4 N–H and O–H groups in total. The number of anilines is 2. The monoisotopic (exact) mass is 1030 g/mol. The predicted octanol–water partition coefficient (Wildman–Crippen LogP) is 5.08. The maximum atomic E-state index is 13.4. The van der Waals surface area contributed by atoms with Crippen LogP contribution in [0.15, 0.2) is 48.5 Å². The standard InChI is InChI=1S/C20H31N3O5S2.C18H23F4N3O5S2.2ClH/c1-2-3-14-28-18-6-4-17(5-7-18)22-10-12-23(13-11-22)30(26,27)20(19(24)21-25)8-15-29-16-9-20;19-15(20)18(21,22)30-14-3-1-13(2-4-14)24-7-9-25(10-8-24)32(28,29)17(16(26)23-27)5-11-31-12-6-17;;/h4-7,25H,2-3,8-16H2,1H3,(H,21,24);1-4,15,27H,5-12H2,(H,23,26);2*1H. The molecule has 2 aromatic rings. The maximum absolute atomic E-state index is 13.4. The minimum absolute atomic E-state index is 0. The third-order valence-corrected chi connectivity index (χ3v) is 18.7. The van der Waals surface area contributed by atoms with Crippen molar-refractivity contribution in [1.29, 1.82) is 0 Å². The van der Waals surface area contributed by atoms with E-state index in [1.54, 1.807) is 22.1 Å². The Bertz CT molecular complexity index is 2010. The van der Waals surface area contributed by atoms with E-state index in [2.05, 4.69) is 16.6 Å². The fraction of sp³-hybridized carbons (Fsp3) is 0.632. The Morgan fingerprint density at radius 3 is 1.38 bits per heavy atom. The van der Waals surface area contributed by atoms with Crippen molar-refractivity contribution in [2.24, 2.45) is 0 Å². The summed E-state index contributed by atoms with van der Waals surface area (Å²) < 4.78 is 113. The lowest BCUT2D eigenvalue weighted by molar-refractivity contribution is -0.253. The van der Waals surface area contributed by atoms with Crippen LogP contribution in [0.2, 0.25) is 0 Å². The van der Waals surface area contributed by atoms with Crippen LogP contribution in [0, 0.1) is 0 Å². The lowest BCUT2D eigenvalue weighted by atomic mass is 10.0. The van der Waals surface area contributed by atoms with Crippen molar-refractivity contribution in [2.45, 2.75) is 67.5 Å². The lowest BCUT2D eigenvalue weighted by Crippen LogP contribution is -2.61. The quantitative estimate of drug-likeness (QED) is 0.0798. The highest BCUT2D eigenvalue weighted by Gasteiger charge is 2.55. The number of hydrogen-bond acceptors (Lipinski definition) is 14. The van der Waals surface area contributed by atoms with Gasteiger partial charge in [0.15, 0.2) is 9.49 Å². The van der Waals surface area contributed by atoms with Crippen LogP contribution in [-0.2, 0) is 29.6 Å². The molecule has 0 spiro atoms. The third-order valence-electron chi connectivity index (χ3n) is 11.5. The summed E-state index contributed by atoms with van der Waals surface area (Å²) in [6.07, 6.45) is -5.84. The zero-order chi connectivity index (χ0) is 45.2. The van der Waals surface area contributed by atoms with Gasteiger partial charge >= 0.3 is 12.5 Å². The van der Waals surface area contributed by atoms with Gasteiger partial charge in [-0.05, 0) is 104 Å². The third kappa shape index (κ3) is 12.4. The first-order valence-electron chi connectivity index (χ1n) is 20.2. The van der Waals surface area contributed by atoms with E-state index in [0.29, 0.717) is 61.5 Å². The summed E-state index contributed by atoms with van der Waals surface area (Å²) in [5, 5.41) is 18.3. The molecular weight excluding hydrogens is 976 g/mol. The molecule has 4 fully saturated rings. The molecule has 0 atom stereocenters. The minimum atomic E-state index is -4.60. The number of nitrogens with one attached hydrogen (secondary N) is 2. The first-order valence-corrected chi connectivity index (χ1v) is 25.4. The number of ether oxygens (including phenoxy) is 2. The summed E-state index contributed by atoms with van der Waals surface area (Å²) in [6.45, 7) is 5.22. The van der Waals surface area contributed by atoms with Gasteiger partial charge in [-0.25, -0.2) is 27.8 Å². The van der Waals surface area contributed by atoms with E-state index in [-0.39, 0.29) is 76.7 Å². The molecule has 4 aliphatic rings. The first-order chi connectivity index (χ1) is 29.5. The highest BCUT2D eigenvalue weighted by molar-refractivity contribution is 8.00. The van der Waals surface area contributed by atoms with Crippen molar-refractivity contribution in [2.75, 3.05) is 91.8 Å². The van der Waals surface area contributed by atoms with E-state index in [1.807, 2.05) is 24.3 Å². The van der Waals surface area contributed by atoms with Crippen molar-refractivity contribution in [3.05, 3.63) is 48.5 Å². The predicted molar refractivity (Wildman–Crippen MR) is 243 cm³/mol. The number of hydroxylamine groups is 2. The zero-order valence-corrected chi connectivity index (χ0v) is 39.9. The van der Waals surface area contributed by atoms with Gasteiger partial charge in [-0.3, -0.25) is 20.0 Å². The van der Waals surface area contributed by atoms with Gasteiger partial charge in [0.25, 0.3) is 11.8 Å². The lowest BCUT2D eigenvalue weighted by Gasteiger charge is -2.42. The summed E-state index contributed by atoms with van der Waals surface area (Å²) in [5.41, 5.74) is 4.71.